The summed E-state index contributed by atoms with van der Waals surface area (Å²) in [6.07, 6.45) is 2.88. The van der Waals surface area contributed by atoms with E-state index >= 15 is 0 Å². The quantitative estimate of drug-likeness (QED) is 0.233. The molecular weight excluding hydrogens is 509 g/mol. The highest BCUT2D eigenvalue weighted by atomic mass is 35.5. The summed E-state index contributed by atoms with van der Waals surface area (Å²) >= 11 is 13.8. The number of carbonyl (C=O) groups is 1. The van der Waals surface area contributed by atoms with Crippen molar-refractivity contribution in [2.75, 3.05) is 6.54 Å². The van der Waals surface area contributed by atoms with E-state index in [-0.39, 0.29) is 5.91 Å². The van der Waals surface area contributed by atoms with Crippen LogP contribution in [0.5, 0.6) is 0 Å². The van der Waals surface area contributed by atoms with Crippen LogP contribution in [0.25, 0.3) is 17.0 Å². The summed E-state index contributed by atoms with van der Waals surface area (Å²) in [6, 6.07) is 23.8. The number of halogens is 2. The molecule has 1 fully saturated rings. The molecule has 0 aliphatic carbocycles. The number of thioether (sulfide) groups is 1. The predicted octanol–water partition coefficient (Wildman–Crippen LogP) is 8.32. The van der Waals surface area contributed by atoms with E-state index in [4.69, 9.17) is 28.2 Å². The van der Waals surface area contributed by atoms with Gasteiger partial charge in [0.15, 0.2) is 5.17 Å². The molecule has 0 unspecified atom stereocenters. The minimum atomic E-state index is -0.00255. The number of aromatic nitrogens is 1. The van der Waals surface area contributed by atoms with Crippen LogP contribution in [-0.4, -0.2) is 27.1 Å². The van der Waals surface area contributed by atoms with E-state index in [1.165, 1.54) is 11.8 Å². The van der Waals surface area contributed by atoms with Gasteiger partial charge in [0.05, 0.1) is 20.6 Å². The molecule has 4 nitrogen and oxygen atoms in total. The summed E-state index contributed by atoms with van der Waals surface area (Å²) in [5.41, 5.74) is 5.12. The molecule has 182 valence electrons. The second kappa shape index (κ2) is 10.6. The van der Waals surface area contributed by atoms with Crippen molar-refractivity contribution < 1.29 is 4.79 Å². The van der Waals surface area contributed by atoms with Crippen LogP contribution in [0.2, 0.25) is 10.0 Å². The first-order chi connectivity index (χ1) is 17.5. The molecule has 0 radical (unpaired) electrons. The maximum atomic E-state index is 13.4. The fourth-order valence-corrected chi connectivity index (χ4v) is 5.75. The molecule has 1 saturated heterocycles. The molecule has 4 aromatic rings. The van der Waals surface area contributed by atoms with Crippen molar-refractivity contribution in [1.82, 2.24) is 9.47 Å². The van der Waals surface area contributed by atoms with E-state index in [9.17, 15) is 4.79 Å². The molecule has 0 N–H and O–H groups in total. The zero-order chi connectivity index (χ0) is 25.2. The second-order valence-corrected chi connectivity index (χ2v) is 10.5. The van der Waals surface area contributed by atoms with Crippen LogP contribution in [0.3, 0.4) is 0 Å². The van der Waals surface area contributed by atoms with Crippen LogP contribution in [0.4, 0.5) is 5.69 Å². The largest absolute Gasteiger partial charge is 0.340 e. The van der Waals surface area contributed by atoms with Gasteiger partial charge in [0, 0.05) is 35.2 Å². The molecule has 1 amide bonds. The van der Waals surface area contributed by atoms with Gasteiger partial charge in [-0.2, -0.15) is 0 Å². The highest BCUT2D eigenvalue weighted by Crippen LogP contribution is 2.37. The molecule has 0 saturated carbocycles. The van der Waals surface area contributed by atoms with Gasteiger partial charge in [-0.3, -0.25) is 9.69 Å². The van der Waals surface area contributed by atoms with Crippen LogP contribution in [0, 0.1) is 6.92 Å². The van der Waals surface area contributed by atoms with Crippen LogP contribution in [0.1, 0.15) is 30.2 Å². The van der Waals surface area contributed by atoms with Crippen molar-refractivity contribution in [3.63, 3.8) is 0 Å². The first kappa shape index (κ1) is 24.7. The number of amidine groups is 1. The van der Waals surface area contributed by atoms with E-state index in [0.717, 1.165) is 45.0 Å². The topological polar surface area (TPSA) is 37.6 Å². The third-order valence-corrected chi connectivity index (χ3v) is 7.94. The first-order valence-corrected chi connectivity index (χ1v) is 13.4. The van der Waals surface area contributed by atoms with Gasteiger partial charge in [0.25, 0.3) is 5.91 Å². The maximum Gasteiger partial charge on any atom is 0.266 e. The number of hydrogen-bond acceptors (Lipinski definition) is 3. The molecule has 36 heavy (non-hydrogen) atoms. The minimum Gasteiger partial charge on any atom is -0.340 e. The molecule has 0 bridgehead atoms. The van der Waals surface area contributed by atoms with Crippen molar-refractivity contribution in [3.05, 3.63) is 105 Å². The lowest BCUT2D eigenvalue weighted by Gasteiger charge is -2.13. The number of fused-ring (bicyclic) bond motifs is 1. The van der Waals surface area contributed by atoms with Crippen LogP contribution >= 0.6 is 35.0 Å². The minimum absolute atomic E-state index is 0.00255. The fourth-order valence-electron chi connectivity index (χ4n) is 4.42. The summed E-state index contributed by atoms with van der Waals surface area (Å²) in [4.78, 5) is 20.7. The summed E-state index contributed by atoms with van der Waals surface area (Å²) in [7, 11) is 0. The lowest BCUT2D eigenvalue weighted by Crippen LogP contribution is -2.29. The van der Waals surface area contributed by atoms with Gasteiger partial charge in [-0.05, 0) is 67.1 Å². The van der Waals surface area contributed by atoms with Gasteiger partial charge in [-0.25, -0.2) is 4.99 Å². The Hall–Kier alpha value is -2.99. The van der Waals surface area contributed by atoms with Gasteiger partial charge in [0.1, 0.15) is 0 Å². The Morgan fingerprint density at radius 3 is 2.47 bits per heavy atom. The van der Waals surface area contributed by atoms with Gasteiger partial charge in [-0.1, -0.05) is 72.6 Å². The van der Waals surface area contributed by atoms with Crippen molar-refractivity contribution >= 4 is 68.7 Å². The zero-order valence-corrected chi connectivity index (χ0v) is 22.4. The molecule has 2 heterocycles. The molecule has 5 rings (SSSR count). The van der Waals surface area contributed by atoms with E-state index in [0.29, 0.717) is 28.0 Å². The highest BCUT2D eigenvalue weighted by molar-refractivity contribution is 8.18. The number of nitrogens with zero attached hydrogens (tertiary/aromatic N) is 3. The summed E-state index contributed by atoms with van der Waals surface area (Å²) in [6.45, 7) is 5.44. The normalized spacial score (nSPS) is 16.1. The molecular formula is C29H25Cl2N3OS. The number of hydrogen-bond donors (Lipinski definition) is 0. The Bertz CT molecular complexity index is 1510. The Labute approximate surface area is 225 Å². The SMILES string of the molecule is CCCN1C(=O)/C(=C\c2c(C)n(Cc3ccc(Cl)c(Cl)c3)c3ccccc23)SC1=Nc1ccccc1. The lowest BCUT2D eigenvalue weighted by molar-refractivity contribution is -0.122. The van der Waals surface area contributed by atoms with Crippen LogP contribution in [-0.2, 0) is 11.3 Å². The van der Waals surface area contributed by atoms with E-state index in [1.807, 2.05) is 66.7 Å². The molecule has 1 aliphatic heterocycles. The van der Waals surface area contributed by atoms with E-state index < -0.39 is 0 Å². The molecule has 1 aliphatic rings. The van der Waals surface area contributed by atoms with Gasteiger partial charge >= 0.3 is 0 Å². The number of benzene rings is 3. The van der Waals surface area contributed by atoms with Gasteiger partial charge < -0.3 is 4.57 Å². The fraction of sp³-hybridized carbons (Fsp3) is 0.172. The summed E-state index contributed by atoms with van der Waals surface area (Å²) in [5.74, 6) is -0.00255. The van der Waals surface area contributed by atoms with E-state index in [1.54, 1.807) is 4.90 Å². The van der Waals surface area contributed by atoms with Crippen molar-refractivity contribution in [2.45, 2.75) is 26.8 Å². The maximum absolute atomic E-state index is 13.4. The summed E-state index contributed by atoms with van der Waals surface area (Å²) < 4.78 is 2.26. The van der Waals surface area contributed by atoms with Crippen LogP contribution < -0.4 is 0 Å². The van der Waals surface area contributed by atoms with Crippen molar-refractivity contribution in [1.29, 1.82) is 0 Å². The molecule has 7 heteroatoms. The number of carbonyl (C=O) groups excluding carboxylic acids is 1. The third kappa shape index (κ3) is 4.83. The predicted molar refractivity (Wildman–Crippen MR) is 153 cm³/mol. The second-order valence-electron chi connectivity index (χ2n) is 8.65. The Morgan fingerprint density at radius 2 is 1.72 bits per heavy atom. The molecule has 1 aromatic heterocycles. The average molecular weight is 535 g/mol. The number of aliphatic imine (C=N–C) groups is 1. The molecule has 0 atom stereocenters. The van der Waals surface area contributed by atoms with E-state index in [2.05, 4.69) is 30.5 Å². The smallest absolute Gasteiger partial charge is 0.266 e. The van der Waals surface area contributed by atoms with Crippen LogP contribution in [0.15, 0.2) is 82.7 Å². The number of amides is 1. The Morgan fingerprint density at radius 1 is 0.972 bits per heavy atom. The molecule has 0 spiro atoms. The lowest BCUT2D eigenvalue weighted by atomic mass is 10.1. The standard InChI is InChI=1S/C29H25Cl2N3OS/c1-3-15-33-28(35)27(36-29(33)32-21-9-5-4-6-10-21)17-23-19(2)34(26-12-8-7-11-22(23)26)18-20-13-14-24(30)25(31)16-20/h4-14,16-17H,3,15,18H2,1-2H3/b27-17+,32-29?. The first-order valence-electron chi connectivity index (χ1n) is 11.8. The third-order valence-electron chi connectivity index (χ3n) is 6.20. The summed E-state index contributed by atoms with van der Waals surface area (Å²) in [5, 5.41) is 2.91. The Kier molecular flexibility index (Phi) is 7.24. The Balaban J connectivity index is 1.56. The highest BCUT2D eigenvalue weighted by Gasteiger charge is 2.33. The number of para-hydroxylation sites is 2. The zero-order valence-electron chi connectivity index (χ0n) is 20.0. The monoisotopic (exact) mass is 533 g/mol. The van der Waals surface area contributed by atoms with Crippen molar-refractivity contribution in [3.8, 4) is 0 Å². The van der Waals surface area contributed by atoms with Gasteiger partial charge in [-0.15, -0.1) is 0 Å². The van der Waals surface area contributed by atoms with Gasteiger partial charge in [0.2, 0.25) is 0 Å². The van der Waals surface area contributed by atoms with Crippen molar-refractivity contribution in [2.24, 2.45) is 4.99 Å². The average Bonchev–Trinajstić information content (AvgIpc) is 3.31. The molecule has 3 aromatic carbocycles. The number of rotatable bonds is 6.